The molecule has 0 aliphatic rings. The summed E-state index contributed by atoms with van der Waals surface area (Å²) in [5.41, 5.74) is 5.27. The minimum Gasteiger partial charge on any atom is -0.378 e. The average molecular weight is 339 g/mol. The minimum atomic E-state index is -0.273. The van der Waals surface area contributed by atoms with Gasteiger partial charge in [0.15, 0.2) is 0 Å². The van der Waals surface area contributed by atoms with Crippen LogP contribution in [0, 0.1) is 0 Å². The Kier molecular flexibility index (Phi) is 24.9. The number of ether oxygens (including phenoxy) is 4. The third-order valence-corrected chi connectivity index (χ3v) is 2.16. The summed E-state index contributed by atoms with van der Waals surface area (Å²) in [4.78, 5) is 15.1. The number of nitrogens with one attached hydrogen (secondary N) is 1. The van der Waals surface area contributed by atoms with Crippen LogP contribution >= 0.6 is 0 Å². The second-order valence-electron chi connectivity index (χ2n) is 3.90. The lowest BCUT2D eigenvalue weighted by Crippen LogP contribution is -2.31. The third kappa shape index (κ3) is 23.6. The summed E-state index contributed by atoms with van der Waals surface area (Å²) < 4.78 is 21.0. The van der Waals surface area contributed by atoms with E-state index in [0.29, 0.717) is 65.9 Å². The van der Waals surface area contributed by atoms with E-state index in [4.69, 9.17) is 30.6 Å². The second-order valence-corrected chi connectivity index (χ2v) is 3.90. The minimum absolute atomic E-state index is 0.152. The average Bonchev–Trinajstić information content (AvgIpc) is 2.57. The van der Waals surface area contributed by atoms with Gasteiger partial charge in [-0.25, -0.2) is 5.90 Å². The lowest BCUT2D eigenvalue weighted by molar-refractivity contribution is -0.126. The first-order valence-electron chi connectivity index (χ1n) is 7.90. The smallest absolute Gasteiger partial charge is 0.248 e. The second kappa shape index (κ2) is 23.5. The summed E-state index contributed by atoms with van der Waals surface area (Å²) in [5.74, 6) is 4.48. The molecule has 0 aliphatic carbocycles. The van der Waals surface area contributed by atoms with Crippen molar-refractivity contribution in [1.82, 2.24) is 5.32 Å². The fourth-order valence-corrected chi connectivity index (χ4v) is 1.23. The van der Waals surface area contributed by atoms with Crippen LogP contribution in [0.3, 0.4) is 0 Å². The van der Waals surface area contributed by atoms with E-state index in [1.54, 1.807) is 0 Å². The first kappa shape index (κ1) is 24.4. The van der Waals surface area contributed by atoms with Gasteiger partial charge in [0.1, 0.15) is 6.61 Å². The molecular formula is C14H33N3O6. The zero-order chi connectivity index (χ0) is 17.6. The maximum absolute atomic E-state index is 10.9. The van der Waals surface area contributed by atoms with Gasteiger partial charge in [-0.15, -0.1) is 0 Å². The Morgan fingerprint density at radius 1 is 0.826 bits per heavy atom. The van der Waals surface area contributed by atoms with Crippen LogP contribution in [-0.4, -0.2) is 78.5 Å². The number of carbonyl (C=O) groups is 1. The molecular weight excluding hydrogens is 306 g/mol. The first-order chi connectivity index (χ1) is 11.3. The summed E-state index contributed by atoms with van der Waals surface area (Å²) in [7, 11) is 0. The summed E-state index contributed by atoms with van der Waals surface area (Å²) in [6.07, 6.45) is 0. The molecule has 0 radical (unpaired) electrons. The lowest BCUT2D eigenvalue weighted by atomic mass is 10.6. The maximum atomic E-state index is 10.9. The van der Waals surface area contributed by atoms with Gasteiger partial charge in [-0.1, -0.05) is 13.8 Å². The van der Waals surface area contributed by atoms with Gasteiger partial charge < -0.3 is 30.0 Å². The molecule has 0 aliphatic heterocycles. The predicted molar refractivity (Wildman–Crippen MR) is 86.8 cm³/mol. The zero-order valence-corrected chi connectivity index (χ0v) is 14.4. The summed E-state index contributed by atoms with van der Waals surface area (Å²) in [6, 6.07) is 0. The van der Waals surface area contributed by atoms with Gasteiger partial charge in [0.25, 0.3) is 0 Å². The van der Waals surface area contributed by atoms with Gasteiger partial charge in [-0.3, -0.25) is 9.63 Å². The Balaban J connectivity index is 0. The standard InChI is InChI=1S/C12H27N3O6.C2H6/c13-1-3-17-5-7-19-9-10-20-8-6-18-4-2-15-12(16)11-21-14;1-2/h1-11,13-14H2,(H,15,16);1-2H3. The van der Waals surface area contributed by atoms with E-state index in [-0.39, 0.29) is 12.5 Å². The van der Waals surface area contributed by atoms with Crippen LogP contribution < -0.4 is 16.9 Å². The first-order valence-corrected chi connectivity index (χ1v) is 7.90. The van der Waals surface area contributed by atoms with E-state index < -0.39 is 0 Å². The Bertz CT molecular complexity index is 235. The fraction of sp³-hybridized carbons (Fsp3) is 0.929. The molecule has 0 unspecified atom stereocenters. The van der Waals surface area contributed by atoms with E-state index in [9.17, 15) is 4.79 Å². The monoisotopic (exact) mass is 339 g/mol. The van der Waals surface area contributed by atoms with Crippen molar-refractivity contribution in [2.75, 3.05) is 72.6 Å². The van der Waals surface area contributed by atoms with Crippen molar-refractivity contribution in [1.29, 1.82) is 0 Å². The van der Waals surface area contributed by atoms with Gasteiger partial charge in [-0.2, -0.15) is 0 Å². The van der Waals surface area contributed by atoms with Gasteiger partial charge in [0.05, 0.1) is 52.9 Å². The number of hydrogen-bond donors (Lipinski definition) is 3. The van der Waals surface area contributed by atoms with Crippen LogP contribution in [0.15, 0.2) is 0 Å². The van der Waals surface area contributed by atoms with E-state index >= 15 is 0 Å². The zero-order valence-electron chi connectivity index (χ0n) is 14.4. The van der Waals surface area contributed by atoms with Crippen molar-refractivity contribution in [2.24, 2.45) is 11.6 Å². The highest BCUT2D eigenvalue weighted by atomic mass is 16.6. The van der Waals surface area contributed by atoms with Crippen molar-refractivity contribution in [3.05, 3.63) is 0 Å². The number of nitrogens with two attached hydrogens (primary N) is 2. The van der Waals surface area contributed by atoms with Crippen molar-refractivity contribution in [3.8, 4) is 0 Å². The Morgan fingerprint density at radius 3 is 1.70 bits per heavy atom. The molecule has 0 saturated carbocycles. The molecule has 9 heteroatoms. The summed E-state index contributed by atoms with van der Waals surface area (Å²) >= 11 is 0. The van der Waals surface area contributed by atoms with Gasteiger partial charge in [0.2, 0.25) is 5.91 Å². The van der Waals surface area contributed by atoms with Crippen molar-refractivity contribution in [3.63, 3.8) is 0 Å². The fourth-order valence-electron chi connectivity index (χ4n) is 1.23. The van der Waals surface area contributed by atoms with E-state index in [1.165, 1.54) is 0 Å². The number of carbonyl (C=O) groups excluding carboxylic acids is 1. The summed E-state index contributed by atoms with van der Waals surface area (Å²) in [6.45, 7) is 8.78. The van der Waals surface area contributed by atoms with Crippen LogP contribution in [0.25, 0.3) is 0 Å². The molecule has 0 fully saturated rings. The molecule has 0 bridgehead atoms. The van der Waals surface area contributed by atoms with Gasteiger partial charge >= 0.3 is 0 Å². The maximum Gasteiger partial charge on any atom is 0.248 e. The molecule has 0 rings (SSSR count). The molecule has 0 saturated heterocycles. The molecule has 0 aromatic carbocycles. The molecule has 0 heterocycles. The molecule has 9 nitrogen and oxygen atoms in total. The highest BCUT2D eigenvalue weighted by Gasteiger charge is 1.98. The van der Waals surface area contributed by atoms with Crippen LogP contribution in [0.5, 0.6) is 0 Å². The molecule has 0 aromatic rings. The van der Waals surface area contributed by atoms with Crippen molar-refractivity contribution >= 4 is 5.91 Å². The number of rotatable bonds is 16. The van der Waals surface area contributed by atoms with E-state index in [1.807, 2.05) is 13.8 Å². The van der Waals surface area contributed by atoms with Crippen LogP contribution in [0.1, 0.15) is 13.8 Å². The highest BCUT2D eigenvalue weighted by molar-refractivity contribution is 5.77. The Hall–Kier alpha value is -0.810. The largest absolute Gasteiger partial charge is 0.378 e. The normalized spacial score (nSPS) is 10.1. The lowest BCUT2D eigenvalue weighted by Gasteiger charge is -2.07. The van der Waals surface area contributed by atoms with Gasteiger partial charge in [-0.05, 0) is 0 Å². The topological polar surface area (TPSA) is 127 Å². The molecule has 140 valence electrons. The molecule has 0 aromatic heterocycles. The quantitative estimate of drug-likeness (QED) is 0.242. The van der Waals surface area contributed by atoms with Gasteiger partial charge in [0, 0.05) is 13.1 Å². The molecule has 0 atom stereocenters. The third-order valence-electron chi connectivity index (χ3n) is 2.16. The SMILES string of the molecule is CC.NCCOCCOCCOCCOCCNC(=O)CON. The summed E-state index contributed by atoms with van der Waals surface area (Å²) in [5, 5.41) is 2.57. The molecule has 5 N–H and O–H groups in total. The van der Waals surface area contributed by atoms with Crippen LogP contribution in [0.2, 0.25) is 0 Å². The number of hydrogen-bond acceptors (Lipinski definition) is 8. The molecule has 23 heavy (non-hydrogen) atoms. The Morgan fingerprint density at radius 2 is 1.26 bits per heavy atom. The van der Waals surface area contributed by atoms with Crippen LogP contribution in [-0.2, 0) is 28.6 Å². The number of amides is 1. The predicted octanol–water partition coefficient (Wildman–Crippen LogP) is -0.956. The molecule has 0 spiro atoms. The van der Waals surface area contributed by atoms with Crippen LogP contribution in [0.4, 0.5) is 0 Å². The van der Waals surface area contributed by atoms with Crippen molar-refractivity contribution < 1.29 is 28.6 Å². The van der Waals surface area contributed by atoms with Crippen molar-refractivity contribution in [2.45, 2.75) is 13.8 Å². The van der Waals surface area contributed by atoms with E-state index in [0.717, 1.165) is 0 Å². The molecule has 1 amide bonds. The Labute approximate surface area is 138 Å². The van der Waals surface area contributed by atoms with E-state index in [2.05, 4.69) is 10.2 Å². The highest BCUT2D eigenvalue weighted by Crippen LogP contribution is 1.82.